The van der Waals surface area contributed by atoms with Gasteiger partial charge in [0, 0.05) is 0 Å². The second kappa shape index (κ2) is 6.24. The number of hydrogen-bond acceptors (Lipinski definition) is 4. The second-order valence-corrected chi connectivity index (χ2v) is 6.98. The van der Waals surface area contributed by atoms with Gasteiger partial charge in [-0.3, -0.25) is 4.72 Å². The number of nitriles is 1. The van der Waals surface area contributed by atoms with Crippen LogP contribution in [0.2, 0.25) is 0 Å². The quantitative estimate of drug-likeness (QED) is 0.844. The van der Waals surface area contributed by atoms with Gasteiger partial charge in [0.1, 0.15) is 4.60 Å². The molecule has 0 fully saturated rings. The topological polar surface area (TPSA) is 82.9 Å². The number of nitrogens with one attached hydrogen (secondary N) is 1. The molecule has 108 valence electrons. The minimum absolute atomic E-state index is 0.197. The predicted octanol–water partition coefficient (Wildman–Crippen LogP) is 2.97. The molecule has 2 rings (SSSR count). The SMILES string of the molecule is Cc1cc(NS(=O)(=O)Cc2cccc(C#N)c2)cnc1Br. The van der Waals surface area contributed by atoms with Crippen LogP contribution in [-0.2, 0) is 15.8 Å². The summed E-state index contributed by atoms with van der Waals surface area (Å²) in [5, 5.41) is 8.82. The zero-order chi connectivity index (χ0) is 15.5. The number of sulfonamides is 1. The number of hydrogen-bond donors (Lipinski definition) is 1. The zero-order valence-corrected chi connectivity index (χ0v) is 13.6. The standard InChI is InChI=1S/C14H12BrN3O2S/c1-10-5-13(8-17-14(10)15)18-21(19,20)9-12-4-2-3-11(6-12)7-16/h2-6,8,18H,9H2,1H3. The number of nitrogens with zero attached hydrogens (tertiary/aromatic N) is 2. The maximum atomic E-state index is 12.1. The lowest BCUT2D eigenvalue weighted by Gasteiger charge is -2.09. The molecule has 7 heteroatoms. The van der Waals surface area contributed by atoms with Crippen molar-refractivity contribution in [2.45, 2.75) is 12.7 Å². The molecule has 0 saturated heterocycles. The number of aryl methyl sites for hydroxylation is 1. The average Bonchev–Trinajstić information content (AvgIpc) is 2.42. The highest BCUT2D eigenvalue weighted by Crippen LogP contribution is 2.18. The van der Waals surface area contributed by atoms with Crippen molar-refractivity contribution in [2.75, 3.05) is 4.72 Å². The van der Waals surface area contributed by atoms with Crippen LogP contribution < -0.4 is 4.72 Å². The number of aromatic nitrogens is 1. The Hall–Kier alpha value is -1.91. The van der Waals surface area contributed by atoms with Crippen LogP contribution in [0, 0.1) is 18.3 Å². The first-order valence-electron chi connectivity index (χ1n) is 6.01. The molecule has 1 heterocycles. The zero-order valence-electron chi connectivity index (χ0n) is 11.2. The highest BCUT2D eigenvalue weighted by atomic mass is 79.9. The number of pyridine rings is 1. The van der Waals surface area contributed by atoms with Crippen molar-refractivity contribution in [3.05, 3.63) is 57.8 Å². The third kappa shape index (κ3) is 4.28. The largest absolute Gasteiger partial charge is 0.282 e. The van der Waals surface area contributed by atoms with E-state index >= 15 is 0 Å². The first-order chi connectivity index (χ1) is 9.89. The summed E-state index contributed by atoms with van der Waals surface area (Å²) in [4.78, 5) is 4.04. The lowest BCUT2D eigenvalue weighted by atomic mass is 10.2. The minimum Gasteiger partial charge on any atom is -0.282 e. The van der Waals surface area contributed by atoms with Crippen LogP contribution in [0.15, 0.2) is 41.1 Å². The molecule has 0 radical (unpaired) electrons. The third-order valence-electron chi connectivity index (χ3n) is 2.70. The smallest absolute Gasteiger partial charge is 0.236 e. The van der Waals surface area contributed by atoms with E-state index in [0.717, 1.165) is 5.56 Å². The van der Waals surface area contributed by atoms with Crippen molar-refractivity contribution < 1.29 is 8.42 Å². The van der Waals surface area contributed by atoms with E-state index in [1.807, 2.05) is 13.0 Å². The summed E-state index contributed by atoms with van der Waals surface area (Å²) in [7, 11) is -3.56. The Bertz CT molecular complexity index is 813. The van der Waals surface area contributed by atoms with Crippen LogP contribution in [0.5, 0.6) is 0 Å². The van der Waals surface area contributed by atoms with Crippen LogP contribution in [-0.4, -0.2) is 13.4 Å². The first kappa shape index (κ1) is 15.5. The van der Waals surface area contributed by atoms with Crippen molar-refractivity contribution in [3.63, 3.8) is 0 Å². The Morgan fingerprint density at radius 3 is 2.81 bits per heavy atom. The van der Waals surface area contributed by atoms with E-state index in [4.69, 9.17) is 5.26 Å². The van der Waals surface area contributed by atoms with Gasteiger partial charge in [-0.25, -0.2) is 13.4 Å². The summed E-state index contributed by atoms with van der Waals surface area (Å²) in [6.07, 6.45) is 1.44. The molecule has 2 aromatic rings. The number of rotatable bonds is 4. The van der Waals surface area contributed by atoms with E-state index in [0.29, 0.717) is 21.4 Å². The van der Waals surface area contributed by atoms with E-state index in [1.54, 1.807) is 30.3 Å². The van der Waals surface area contributed by atoms with Gasteiger partial charge in [0.2, 0.25) is 10.0 Å². The van der Waals surface area contributed by atoms with E-state index in [1.165, 1.54) is 6.20 Å². The lowest BCUT2D eigenvalue weighted by molar-refractivity contribution is 0.600. The van der Waals surface area contributed by atoms with Gasteiger partial charge in [-0.1, -0.05) is 12.1 Å². The van der Waals surface area contributed by atoms with E-state index < -0.39 is 10.0 Å². The summed E-state index contributed by atoms with van der Waals surface area (Å²) >= 11 is 3.26. The normalized spacial score (nSPS) is 10.9. The molecule has 0 aliphatic carbocycles. The van der Waals surface area contributed by atoms with Crippen molar-refractivity contribution in [1.82, 2.24) is 4.98 Å². The molecule has 0 saturated carbocycles. The van der Waals surface area contributed by atoms with Crippen LogP contribution in [0.25, 0.3) is 0 Å². The molecule has 5 nitrogen and oxygen atoms in total. The number of anilines is 1. The minimum atomic E-state index is -3.56. The maximum Gasteiger partial charge on any atom is 0.236 e. The van der Waals surface area contributed by atoms with Crippen LogP contribution >= 0.6 is 15.9 Å². The van der Waals surface area contributed by atoms with Gasteiger partial charge in [-0.05, 0) is 52.2 Å². The summed E-state index contributed by atoms with van der Waals surface area (Å²) in [6.45, 7) is 1.82. The molecular weight excluding hydrogens is 354 g/mol. The van der Waals surface area contributed by atoms with E-state index in [-0.39, 0.29) is 5.75 Å². The molecule has 1 N–H and O–H groups in total. The van der Waals surface area contributed by atoms with Gasteiger partial charge in [0.15, 0.2) is 0 Å². The Balaban J connectivity index is 2.18. The van der Waals surface area contributed by atoms with Crippen LogP contribution in [0.4, 0.5) is 5.69 Å². The molecule has 0 amide bonds. The second-order valence-electron chi connectivity index (χ2n) is 4.51. The molecule has 0 aliphatic rings. The molecule has 0 spiro atoms. The molecule has 0 bridgehead atoms. The third-order valence-corrected chi connectivity index (χ3v) is 4.79. The molecule has 1 aromatic carbocycles. The van der Waals surface area contributed by atoms with Crippen LogP contribution in [0.1, 0.15) is 16.7 Å². The fourth-order valence-electron chi connectivity index (χ4n) is 1.78. The van der Waals surface area contributed by atoms with Gasteiger partial charge in [0.25, 0.3) is 0 Å². The van der Waals surface area contributed by atoms with Gasteiger partial charge < -0.3 is 0 Å². The highest BCUT2D eigenvalue weighted by Gasteiger charge is 2.13. The molecule has 21 heavy (non-hydrogen) atoms. The fraction of sp³-hybridized carbons (Fsp3) is 0.143. The maximum absolute atomic E-state index is 12.1. The fourth-order valence-corrected chi connectivity index (χ4v) is 3.16. The molecule has 1 aromatic heterocycles. The Labute approximate surface area is 131 Å². The Kier molecular flexibility index (Phi) is 4.60. The van der Waals surface area contributed by atoms with Gasteiger partial charge in [-0.15, -0.1) is 0 Å². The monoisotopic (exact) mass is 365 g/mol. The number of halogens is 1. The molecule has 0 atom stereocenters. The predicted molar refractivity (Wildman–Crippen MR) is 84.1 cm³/mol. The summed E-state index contributed by atoms with van der Waals surface area (Å²) in [6, 6.07) is 10.2. The molecular formula is C14H12BrN3O2S. The lowest BCUT2D eigenvalue weighted by Crippen LogP contribution is -2.15. The molecule has 0 unspecified atom stereocenters. The summed E-state index contributed by atoms with van der Waals surface area (Å²) in [5.41, 5.74) is 2.24. The van der Waals surface area contributed by atoms with Gasteiger partial charge in [-0.2, -0.15) is 5.26 Å². The highest BCUT2D eigenvalue weighted by molar-refractivity contribution is 9.10. The Morgan fingerprint density at radius 2 is 2.14 bits per heavy atom. The Morgan fingerprint density at radius 1 is 1.38 bits per heavy atom. The van der Waals surface area contributed by atoms with Gasteiger partial charge in [0.05, 0.1) is 29.3 Å². The first-order valence-corrected chi connectivity index (χ1v) is 8.46. The summed E-state index contributed by atoms with van der Waals surface area (Å²) < 4.78 is 27.4. The van der Waals surface area contributed by atoms with Crippen LogP contribution in [0.3, 0.4) is 0 Å². The summed E-state index contributed by atoms with van der Waals surface area (Å²) in [5.74, 6) is -0.197. The molecule has 0 aliphatic heterocycles. The van der Waals surface area contributed by atoms with Crippen molar-refractivity contribution in [1.29, 1.82) is 5.26 Å². The van der Waals surface area contributed by atoms with Crippen molar-refractivity contribution >= 4 is 31.6 Å². The van der Waals surface area contributed by atoms with E-state index in [2.05, 4.69) is 25.6 Å². The van der Waals surface area contributed by atoms with Gasteiger partial charge >= 0.3 is 0 Å². The van der Waals surface area contributed by atoms with Crippen molar-refractivity contribution in [3.8, 4) is 6.07 Å². The van der Waals surface area contributed by atoms with E-state index in [9.17, 15) is 8.42 Å². The number of benzene rings is 1. The van der Waals surface area contributed by atoms with Crippen molar-refractivity contribution in [2.24, 2.45) is 0 Å². The average molecular weight is 366 g/mol.